The van der Waals surface area contributed by atoms with Gasteiger partial charge in [-0.05, 0) is 30.5 Å². The highest BCUT2D eigenvalue weighted by Crippen LogP contribution is 2.27. The molecule has 0 aliphatic rings. The molecule has 2 aromatic carbocycles. The molecule has 1 heterocycles. The maximum Gasteiger partial charge on any atom is 0.244 e. The maximum atomic E-state index is 12.8. The summed E-state index contributed by atoms with van der Waals surface area (Å²) in [6, 6.07) is 15.9. The van der Waals surface area contributed by atoms with Crippen LogP contribution in [-0.2, 0) is 14.8 Å². The molecule has 0 fully saturated rings. The standard InChI is InChI=1S/C22H24N4O3S2/c1-15(2)19(26-31(28,29)13-12-17-9-5-4-6-10-17)20(27)23-22-25-24-21(30-22)18-11-7-8-16(3)14-18/h4-15,19,26H,1-3H3,(H,23,25,27)/b13-12+. The highest BCUT2D eigenvalue weighted by Gasteiger charge is 2.27. The summed E-state index contributed by atoms with van der Waals surface area (Å²) in [6.45, 7) is 5.52. The molecule has 3 aromatic rings. The fourth-order valence-corrected chi connectivity index (χ4v) is 4.68. The normalized spacial score (nSPS) is 12.9. The first kappa shape index (κ1) is 22.8. The number of sulfonamides is 1. The van der Waals surface area contributed by atoms with E-state index >= 15 is 0 Å². The molecule has 1 aromatic heterocycles. The number of benzene rings is 2. The Morgan fingerprint density at radius 3 is 2.48 bits per heavy atom. The molecule has 0 radical (unpaired) electrons. The van der Waals surface area contributed by atoms with E-state index in [1.807, 2.05) is 49.4 Å². The van der Waals surface area contributed by atoms with E-state index in [4.69, 9.17) is 0 Å². The van der Waals surface area contributed by atoms with Crippen LogP contribution in [0, 0.1) is 12.8 Å². The largest absolute Gasteiger partial charge is 0.299 e. The molecule has 1 unspecified atom stereocenters. The van der Waals surface area contributed by atoms with Crippen molar-refractivity contribution in [1.29, 1.82) is 0 Å². The van der Waals surface area contributed by atoms with Crippen LogP contribution in [0.2, 0.25) is 0 Å². The Morgan fingerprint density at radius 1 is 1.06 bits per heavy atom. The van der Waals surface area contributed by atoms with Crippen molar-refractivity contribution in [2.45, 2.75) is 26.8 Å². The Bertz CT molecular complexity index is 1170. The Balaban J connectivity index is 1.70. The molecule has 0 bridgehead atoms. The van der Waals surface area contributed by atoms with E-state index in [1.54, 1.807) is 26.0 Å². The lowest BCUT2D eigenvalue weighted by Crippen LogP contribution is -2.46. The molecular formula is C22H24N4O3S2. The van der Waals surface area contributed by atoms with Crippen LogP contribution >= 0.6 is 11.3 Å². The predicted molar refractivity (Wildman–Crippen MR) is 125 cm³/mol. The molecule has 0 saturated heterocycles. The van der Waals surface area contributed by atoms with Crippen LogP contribution in [0.5, 0.6) is 0 Å². The minimum atomic E-state index is -3.83. The zero-order chi connectivity index (χ0) is 22.4. The number of anilines is 1. The lowest BCUT2D eigenvalue weighted by Gasteiger charge is -2.19. The summed E-state index contributed by atoms with van der Waals surface area (Å²) >= 11 is 1.23. The van der Waals surface area contributed by atoms with E-state index in [0.29, 0.717) is 10.1 Å². The van der Waals surface area contributed by atoms with E-state index < -0.39 is 22.0 Å². The highest BCUT2D eigenvalue weighted by molar-refractivity contribution is 7.92. The molecule has 162 valence electrons. The third kappa shape index (κ3) is 6.55. The first-order valence-electron chi connectivity index (χ1n) is 9.70. The number of hydrogen-bond donors (Lipinski definition) is 2. The first-order chi connectivity index (χ1) is 14.7. The van der Waals surface area contributed by atoms with Crippen LogP contribution in [0.4, 0.5) is 5.13 Å². The van der Waals surface area contributed by atoms with Gasteiger partial charge in [-0.25, -0.2) is 8.42 Å². The first-order valence-corrected chi connectivity index (χ1v) is 12.1. The number of amides is 1. The van der Waals surface area contributed by atoms with Gasteiger partial charge < -0.3 is 0 Å². The third-order valence-corrected chi connectivity index (χ3v) is 6.36. The van der Waals surface area contributed by atoms with Gasteiger partial charge in [0.2, 0.25) is 21.1 Å². The van der Waals surface area contributed by atoms with Gasteiger partial charge >= 0.3 is 0 Å². The second kappa shape index (κ2) is 9.95. The number of carbonyl (C=O) groups is 1. The van der Waals surface area contributed by atoms with Gasteiger partial charge in [-0.3, -0.25) is 10.1 Å². The Kier molecular flexibility index (Phi) is 7.32. The Hall–Kier alpha value is -2.88. The van der Waals surface area contributed by atoms with Gasteiger partial charge in [0, 0.05) is 11.0 Å². The van der Waals surface area contributed by atoms with Crippen LogP contribution in [0.3, 0.4) is 0 Å². The van der Waals surface area contributed by atoms with Crippen molar-refractivity contribution < 1.29 is 13.2 Å². The summed E-state index contributed by atoms with van der Waals surface area (Å²) in [7, 11) is -3.83. The third-order valence-electron chi connectivity index (χ3n) is 4.40. The smallest absolute Gasteiger partial charge is 0.244 e. The van der Waals surface area contributed by atoms with E-state index in [2.05, 4.69) is 20.2 Å². The van der Waals surface area contributed by atoms with E-state index in [1.165, 1.54) is 17.4 Å². The summed E-state index contributed by atoms with van der Waals surface area (Å²) < 4.78 is 27.4. The van der Waals surface area contributed by atoms with Gasteiger partial charge in [-0.1, -0.05) is 79.3 Å². The van der Waals surface area contributed by atoms with Crippen LogP contribution in [0.1, 0.15) is 25.0 Å². The summed E-state index contributed by atoms with van der Waals surface area (Å²) in [5, 5.41) is 12.9. The number of carbonyl (C=O) groups excluding carboxylic acids is 1. The summed E-state index contributed by atoms with van der Waals surface area (Å²) in [5.74, 6) is -0.761. The van der Waals surface area contributed by atoms with E-state index in [-0.39, 0.29) is 5.92 Å². The molecule has 2 N–H and O–H groups in total. The van der Waals surface area contributed by atoms with Crippen LogP contribution in [0.25, 0.3) is 16.6 Å². The van der Waals surface area contributed by atoms with Gasteiger partial charge in [-0.2, -0.15) is 4.72 Å². The molecule has 7 nitrogen and oxygen atoms in total. The van der Waals surface area contributed by atoms with E-state index in [9.17, 15) is 13.2 Å². The number of aryl methyl sites for hydroxylation is 1. The van der Waals surface area contributed by atoms with Crippen LogP contribution < -0.4 is 10.0 Å². The number of nitrogens with zero attached hydrogens (tertiary/aromatic N) is 2. The quantitative estimate of drug-likeness (QED) is 0.532. The van der Waals surface area contributed by atoms with Gasteiger partial charge in [0.1, 0.15) is 11.0 Å². The van der Waals surface area contributed by atoms with Crippen LogP contribution in [-0.4, -0.2) is 30.6 Å². The summed E-state index contributed by atoms with van der Waals surface area (Å²) in [6.07, 6.45) is 1.48. The van der Waals surface area contributed by atoms with Gasteiger partial charge in [0.15, 0.2) is 0 Å². The average Bonchev–Trinajstić information content (AvgIpc) is 3.20. The molecule has 3 rings (SSSR count). The number of aromatic nitrogens is 2. The number of nitrogens with one attached hydrogen (secondary N) is 2. The minimum Gasteiger partial charge on any atom is -0.299 e. The highest BCUT2D eigenvalue weighted by atomic mass is 32.2. The molecule has 0 saturated carbocycles. The average molecular weight is 457 g/mol. The van der Waals surface area contributed by atoms with Crippen molar-refractivity contribution in [2.75, 3.05) is 5.32 Å². The zero-order valence-corrected chi connectivity index (χ0v) is 19.1. The van der Waals surface area contributed by atoms with Crippen molar-refractivity contribution in [1.82, 2.24) is 14.9 Å². The molecule has 0 aliphatic carbocycles. The predicted octanol–water partition coefficient (Wildman–Crippen LogP) is 4.07. The van der Waals surface area contributed by atoms with Crippen molar-refractivity contribution in [3.63, 3.8) is 0 Å². The van der Waals surface area contributed by atoms with Crippen LogP contribution in [0.15, 0.2) is 60.0 Å². The molecule has 1 atom stereocenters. The Labute approximate surface area is 186 Å². The van der Waals surface area contributed by atoms with Crippen molar-refractivity contribution >= 4 is 38.5 Å². The van der Waals surface area contributed by atoms with Crippen molar-refractivity contribution in [3.8, 4) is 10.6 Å². The maximum absolute atomic E-state index is 12.8. The molecule has 1 amide bonds. The van der Waals surface area contributed by atoms with E-state index in [0.717, 1.165) is 22.1 Å². The van der Waals surface area contributed by atoms with Gasteiger partial charge in [0.05, 0.1) is 0 Å². The fraction of sp³-hybridized carbons (Fsp3) is 0.227. The lowest BCUT2D eigenvalue weighted by atomic mass is 10.1. The SMILES string of the molecule is Cc1cccc(-c2nnc(NC(=O)C(NS(=O)(=O)/C=C/c3ccccc3)C(C)C)s2)c1. The molecule has 0 spiro atoms. The van der Waals surface area contributed by atoms with Crippen molar-refractivity contribution in [2.24, 2.45) is 5.92 Å². The molecule has 9 heteroatoms. The van der Waals surface area contributed by atoms with Gasteiger partial charge in [-0.15, -0.1) is 10.2 Å². The topological polar surface area (TPSA) is 101 Å². The fourth-order valence-electron chi connectivity index (χ4n) is 2.79. The summed E-state index contributed by atoms with van der Waals surface area (Å²) in [4.78, 5) is 12.8. The van der Waals surface area contributed by atoms with Gasteiger partial charge in [0.25, 0.3) is 0 Å². The molecule has 31 heavy (non-hydrogen) atoms. The molecule has 0 aliphatic heterocycles. The monoisotopic (exact) mass is 456 g/mol. The zero-order valence-electron chi connectivity index (χ0n) is 17.4. The molecular weight excluding hydrogens is 432 g/mol. The number of hydrogen-bond acceptors (Lipinski definition) is 6. The van der Waals surface area contributed by atoms with Crippen molar-refractivity contribution in [3.05, 3.63) is 71.1 Å². The second-order valence-electron chi connectivity index (χ2n) is 7.37. The minimum absolute atomic E-state index is 0.274. The number of rotatable bonds is 8. The lowest BCUT2D eigenvalue weighted by molar-refractivity contribution is -0.118. The summed E-state index contributed by atoms with van der Waals surface area (Å²) in [5.41, 5.74) is 2.75. The Morgan fingerprint density at radius 2 is 1.81 bits per heavy atom. The second-order valence-corrected chi connectivity index (χ2v) is 9.94.